The van der Waals surface area contributed by atoms with Crippen LogP contribution in [0.15, 0.2) is 36.4 Å². The maximum absolute atomic E-state index is 12.7. The minimum Gasteiger partial charge on any atom is -0.492 e. The van der Waals surface area contributed by atoms with Crippen LogP contribution in [-0.2, 0) is 14.8 Å². The lowest BCUT2D eigenvalue weighted by molar-refractivity contribution is -0.121. The van der Waals surface area contributed by atoms with E-state index in [1.54, 1.807) is 18.2 Å². The van der Waals surface area contributed by atoms with Crippen molar-refractivity contribution in [2.45, 2.75) is 26.8 Å². The summed E-state index contributed by atoms with van der Waals surface area (Å²) in [5.41, 5.74) is 2.63. The molecule has 0 spiro atoms. The summed E-state index contributed by atoms with van der Waals surface area (Å²) in [6, 6.07) is 9.64. The molecular formula is C22H28N2O6S. The third-order valence-electron chi connectivity index (χ3n) is 5.02. The second-order valence-electron chi connectivity index (χ2n) is 7.45. The zero-order chi connectivity index (χ0) is 22.6. The first-order valence-electron chi connectivity index (χ1n) is 10.0. The van der Waals surface area contributed by atoms with Gasteiger partial charge in [0.05, 0.1) is 18.5 Å². The zero-order valence-corrected chi connectivity index (χ0v) is 19.0. The molecule has 1 heterocycles. The summed E-state index contributed by atoms with van der Waals surface area (Å²) in [6.45, 7) is 6.90. The number of amides is 1. The zero-order valence-electron chi connectivity index (χ0n) is 18.2. The number of rotatable bonds is 8. The Hall–Kier alpha value is -2.94. The molecule has 1 aliphatic rings. The van der Waals surface area contributed by atoms with Gasteiger partial charge < -0.3 is 19.5 Å². The number of nitrogens with one attached hydrogen (secondary N) is 1. The van der Waals surface area contributed by atoms with Gasteiger partial charge in [-0.25, -0.2) is 8.42 Å². The number of carbonyl (C=O) groups excluding carboxylic acids is 1. The fourth-order valence-corrected chi connectivity index (χ4v) is 4.44. The minimum absolute atomic E-state index is 0.245. The fraction of sp³-hybridized carbons (Fsp3) is 0.409. The first-order valence-corrected chi connectivity index (χ1v) is 11.9. The molecule has 0 fully saturated rings. The van der Waals surface area contributed by atoms with Crippen LogP contribution in [0.2, 0.25) is 0 Å². The minimum atomic E-state index is -3.73. The predicted octanol–water partition coefficient (Wildman–Crippen LogP) is 2.42. The van der Waals surface area contributed by atoms with Gasteiger partial charge >= 0.3 is 0 Å². The summed E-state index contributed by atoms with van der Waals surface area (Å²) in [4.78, 5) is 12.7. The summed E-state index contributed by atoms with van der Waals surface area (Å²) in [7, 11) is -3.73. The summed E-state index contributed by atoms with van der Waals surface area (Å²) < 4.78 is 42.7. The van der Waals surface area contributed by atoms with Crippen LogP contribution in [0.4, 0.5) is 5.69 Å². The number of sulfonamides is 1. The van der Waals surface area contributed by atoms with Gasteiger partial charge in [0, 0.05) is 6.07 Å². The van der Waals surface area contributed by atoms with E-state index < -0.39 is 22.0 Å². The molecule has 1 amide bonds. The molecule has 0 radical (unpaired) electrons. The van der Waals surface area contributed by atoms with Crippen LogP contribution in [0.3, 0.4) is 0 Å². The smallest absolute Gasteiger partial charge is 0.243 e. The molecule has 2 aromatic rings. The molecule has 3 rings (SSSR count). The number of anilines is 1. The van der Waals surface area contributed by atoms with Crippen LogP contribution in [0.5, 0.6) is 17.2 Å². The number of ether oxygens (including phenoxy) is 3. The van der Waals surface area contributed by atoms with Gasteiger partial charge in [0.1, 0.15) is 31.6 Å². The standard InChI is InChI=1S/C22H28N2O6S/c1-15-5-7-19(13-16(15)2)28-10-9-23-22(25)17(3)24(31(4,26)27)18-6-8-20-21(14-18)30-12-11-29-20/h5-8,13-14,17H,9-12H2,1-4H3,(H,23,25)/t17-/m1/s1. The Morgan fingerprint density at radius 1 is 1.10 bits per heavy atom. The van der Waals surface area contributed by atoms with Crippen molar-refractivity contribution in [3.8, 4) is 17.2 Å². The molecule has 31 heavy (non-hydrogen) atoms. The summed E-state index contributed by atoms with van der Waals surface area (Å²) in [5, 5.41) is 2.74. The van der Waals surface area contributed by atoms with Crippen LogP contribution < -0.4 is 23.8 Å². The topological polar surface area (TPSA) is 94.2 Å². The Morgan fingerprint density at radius 2 is 1.81 bits per heavy atom. The van der Waals surface area contributed by atoms with Gasteiger partial charge in [0.25, 0.3) is 0 Å². The molecule has 0 unspecified atom stereocenters. The normalized spacial score (nSPS) is 13.9. The largest absolute Gasteiger partial charge is 0.492 e. The highest BCUT2D eigenvalue weighted by molar-refractivity contribution is 7.92. The maximum Gasteiger partial charge on any atom is 0.243 e. The van der Waals surface area contributed by atoms with E-state index >= 15 is 0 Å². The molecule has 1 aliphatic heterocycles. The Bertz CT molecular complexity index is 1050. The third kappa shape index (κ3) is 5.61. The number of benzene rings is 2. The van der Waals surface area contributed by atoms with Gasteiger partial charge in [0.2, 0.25) is 15.9 Å². The van der Waals surface area contributed by atoms with Gasteiger partial charge in [-0.15, -0.1) is 0 Å². The van der Waals surface area contributed by atoms with Crippen molar-refractivity contribution < 1.29 is 27.4 Å². The van der Waals surface area contributed by atoms with E-state index in [1.165, 1.54) is 12.5 Å². The average Bonchev–Trinajstić information content (AvgIpc) is 2.72. The summed E-state index contributed by atoms with van der Waals surface area (Å²) in [6.07, 6.45) is 1.07. The molecule has 0 saturated heterocycles. The van der Waals surface area contributed by atoms with Crippen molar-refractivity contribution in [1.29, 1.82) is 0 Å². The second kappa shape index (κ2) is 9.47. The monoisotopic (exact) mass is 448 g/mol. The Labute approximate surface area is 183 Å². The number of hydrogen-bond donors (Lipinski definition) is 1. The molecule has 0 saturated carbocycles. The van der Waals surface area contributed by atoms with Gasteiger partial charge in [0.15, 0.2) is 11.5 Å². The highest BCUT2D eigenvalue weighted by atomic mass is 32.2. The van der Waals surface area contributed by atoms with Crippen molar-refractivity contribution in [3.05, 3.63) is 47.5 Å². The van der Waals surface area contributed by atoms with E-state index in [1.807, 2.05) is 32.0 Å². The van der Waals surface area contributed by atoms with Crippen molar-refractivity contribution in [1.82, 2.24) is 5.32 Å². The predicted molar refractivity (Wildman–Crippen MR) is 119 cm³/mol. The Morgan fingerprint density at radius 3 is 2.48 bits per heavy atom. The fourth-order valence-electron chi connectivity index (χ4n) is 3.27. The van der Waals surface area contributed by atoms with E-state index in [4.69, 9.17) is 14.2 Å². The molecule has 9 heteroatoms. The highest BCUT2D eigenvalue weighted by Crippen LogP contribution is 2.35. The van der Waals surface area contributed by atoms with E-state index in [0.717, 1.165) is 21.9 Å². The van der Waals surface area contributed by atoms with E-state index in [0.29, 0.717) is 30.4 Å². The summed E-state index contributed by atoms with van der Waals surface area (Å²) >= 11 is 0. The maximum atomic E-state index is 12.7. The van der Waals surface area contributed by atoms with Crippen molar-refractivity contribution in [3.63, 3.8) is 0 Å². The molecule has 8 nitrogen and oxygen atoms in total. The van der Waals surface area contributed by atoms with Gasteiger partial charge in [-0.2, -0.15) is 0 Å². The number of nitrogens with zero attached hydrogens (tertiary/aromatic N) is 1. The van der Waals surface area contributed by atoms with Crippen LogP contribution in [0.25, 0.3) is 0 Å². The van der Waals surface area contributed by atoms with Gasteiger partial charge in [-0.05, 0) is 56.2 Å². The SMILES string of the molecule is Cc1ccc(OCCNC(=O)[C@@H](C)N(c2ccc3c(c2)OCCO3)S(C)(=O)=O)cc1C. The van der Waals surface area contributed by atoms with Crippen molar-refractivity contribution in [2.24, 2.45) is 0 Å². The van der Waals surface area contributed by atoms with Crippen LogP contribution >= 0.6 is 0 Å². The summed E-state index contributed by atoms with van der Waals surface area (Å²) in [5.74, 6) is 1.29. The van der Waals surface area contributed by atoms with Crippen molar-refractivity contribution in [2.75, 3.05) is 36.9 Å². The third-order valence-corrected chi connectivity index (χ3v) is 6.26. The molecule has 1 N–H and O–H groups in total. The molecule has 2 aromatic carbocycles. The molecule has 0 aliphatic carbocycles. The Balaban J connectivity index is 1.64. The van der Waals surface area contributed by atoms with Crippen molar-refractivity contribution >= 4 is 21.6 Å². The van der Waals surface area contributed by atoms with E-state index in [2.05, 4.69) is 5.32 Å². The number of carbonyl (C=O) groups is 1. The molecule has 1 atom stereocenters. The van der Waals surface area contributed by atoms with Gasteiger partial charge in [-0.1, -0.05) is 6.07 Å². The van der Waals surface area contributed by atoms with E-state index in [9.17, 15) is 13.2 Å². The van der Waals surface area contributed by atoms with E-state index in [-0.39, 0.29) is 13.2 Å². The molecule has 168 valence electrons. The number of aryl methyl sites for hydroxylation is 2. The van der Waals surface area contributed by atoms with Crippen LogP contribution in [0.1, 0.15) is 18.1 Å². The van der Waals surface area contributed by atoms with Gasteiger partial charge in [-0.3, -0.25) is 9.10 Å². The first kappa shape index (κ1) is 22.7. The second-order valence-corrected chi connectivity index (χ2v) is 9.31. The first-order chi connectivity index (χ1) is 14.7. The van der Waals surface area contributed by atoms with Crippen LogP contribution in [-0.4, -0.2) is 53.0 Å². The van der Waals surface area contributed by atoms with Crippen LogP contribution in [0, 0.1) is 13.8 Å². The highest BCUT2D eigenvalue weighted by Gasteiger charge is 2.30. The lowest BCUT2D eigenvalue weighted by Gasteiger charge is -2.29. The molecule has 0 bridgehead atoms. The lowest BCUT2D eigenvalue weighted by atomic mass is 10.1. The number of fused-ring (bicyclic) bond motifs is 1. The Kier molecular flexibility index (Phi) is 6.94. The average molecular weight is 449 g/mol. The molecular weight excluding hydrogens is 420 g/mol. The quantitative estimate of drug-likeness (QED) is 0.624. The number of hydrogen-bond acceptors (Lipinski definition) is 6. The molecule has 0 aromatic heterocycles. The lowest BCUT2D eigenvalue weighted by Crippen LogP contribution is -2.48.